The van der Waals surface area contributed by atoms with Gasteiger partial charge in [0, 0.05) is 50.4 Å². The molecule has 0 spiro atoms. The Balaban J connectivity index is 1.55. The van der Waals surface area contributed by atoms with Crippen LogP contribution in [0.3, 0.4) is 0 Å². The van der Waals surface area contributed by atoms with E-state index in [0.717, 1.165) is 42.4 Å². The number of amides is 1. The molecule has 0 fully saturated rings. The zero-order valence-electron chi connectivity index (χ0n) is 20.3. The number of nitrogens with one attached hydrogen (secondary N) is 1. The number of benzene rings is 1. The number of nitrogens with zero attached hydrogens (tertiary/aromatic N) is 7. The van der Waals surface area contributed by atoms with Gasteiger partial charge in [0.05, 0.1) is 29.5 Å². The number of phenolic OH excluding ortho intramolecular Hbond substituents is 1. The van der Waals surface area contributed by atoms with Crippen molar-refractivity contribution in [2.45, 2.75) is 26.9 Å². The van der Waals surface area contributed by atoms with Gasteiger partial charge < -0.3 is 15.3 Å². The molecule has 0 saturated heterocycles. The van der Waals surface area contributed by atoms with Gasteiger partial charge in [-0.05, 0) is 44.2 Å². The number of carbonyl (C=O) groups is 1. The van der Waals surface area contributed by atoms with Crippen LogP contribution in [0.25, 0.3) is 22.3 Å². The maximum Gasteiger partial charge on any atom is 0.254 e. The maximum atomic E-state index is 13.7. The third-order valence-corrected chi connectivity index (χ3v) is 6.34. The largest absolute Gasteiger partial charge is 0.508 e. The number of aromatic nitrogens is 5. The van der Waals surface area contributed by atoms with Gasteiger partial charge >= 0.3 is 0 Å². The summed E-state index contributed by atoms with van der Waals surface area (Å²) in [7, 11) is 3.63. The molecule has 35 heavy (non-hydrogen) atoms. The van der Waals surface area contributed by atoms with Crippen LogP contribution in [0.5, 0.6) is 5.75 Å². The predicted octanol–water partition coefficient (Wildman–Crippen LogP) is 2.49. The number of rotatable bonds is 6. The van der Waals surface area contributed by atoms with E-state index in [0.29, 0.717) is 34.4 Å². The lowest BCUT2D eigenvalue weighted by molar-refractivity contribution is 0.0787. The Morgan fingerprint density at radius 1 is 1.23 bits per heavy atom. The van der Waals surface area contributed by atoms with Crippen molar-refractivity contribution in [1.82, 2.24) is 34.8 Å². The van der Waals surface area contributed by atoms with E-state index in [1.165, 1.54) is 0 Å². The summed E-state index contributed by atoms with van der Waals surface area (Å²) in [5.41, 5.74) is 5.17. The molecule has 0 atom stereocenters. The van der Waals surface area contributed by atoms with Crippen molar-refractivity contribution in [3.63, 3.8) is 0 Å². The van der Waals surface area contributed by atoms with Gasteiger partial charge in [0.15, 0.2) is 0 Å². The second-order valence-electron chi connectivity index (χ2n) is 8.68. The third kappa shape index (κ3) is 4.11. The molecular weight excluding hydrogens is 444 g/mol. The molecule has 180 valence electrons. The van der Waals surface area contributed by atoms with Crippen LogP contribution in [0.1, 0.15) is 34.2 Å². The first kappa shape index (κ1) is 22.6. The number of hydrogen-bond donors (Lipinski definition) is 2. The van der Waals surface area contributed by atoms with Crippen LogP contribution in [0.15, 0.2) is 41.5 Å². The van der Waals surface area contributed by atoms with E-state index < -0.39 is 0 Å². The van der Waals surface area contributed by atoms with E-state index in [4.69, 9.17) is 4.98 Å². The lowest BCUT2D eigenvalue weighted by Crippen LogP contribution is -2.26. The minimum Gasteiger partial charge on any atom is -0.508 e. The quantitative estimate of drug-likeness (QED) is 0.446. The molecule has 0 saturated carbocycles. The smallest absolute Gasteiger partial charge is 0.254 e. The number of aliphatic imine (C=N–C) groups is 1. The molecule has 0 bridgehead atoms. The summed E-state index contributed by atoms with van der Waals surface area (Å²) in [5, 5.41) is 23.0. The lowest BCUT2D eigenvalue weighted by Gasteiger charge is -2.19. The van der Waals surface area contributed by atoms with Crippen LogP contribution >= 0.6 is 0 Å². The Morgan fingerprint density at radius 2 is 2.06 bits per heavy atom. The third-order valence-electron chi connectivity index (χ3n) is 6.34. The number of fused-ring (bicyclic) bond motifs is 1. The molecule has 2 N–H and O–H groups in total. The van der Waals surface area contributed by atoms with Gasteiger partial charge in [-0.25, -0.2) is 4.98 Å². The van der Waals surface area contributed by atoms with Gasteiger partial charge in [0.2, 0.25) is 0 Å². The van der Waals surface area contributed by atoms with E-state index in [1.54, 1.807) is 47.1 Å². The van der Waals surface area contributed by atoms with Crippen molar-refractivity contribution < 1.29 is 9.90 Å². The van der Waals surface area contributed by atoms with Crippen LogP contribution in [-0.2, 0) is 20.1 Å². The Kier molecular flexibility index (Phi) is 5.72. The highest BCUT2D eigenvalue weighted by Gasteiger charge is 2.22. The number of amidine groups is 1. The van der Waals surface area contributed by atoms with Crippen molar-refractivity contribution in [3.05, 3.63) is 59.0 Å². The van der Waals surface area contributed by atoms with E-state index in [1.807, 2.05) is 31.6 Å². The molecule has 10 nitrogen and oxygen atoms in total. The normalized spacial score (nSPS) is 13.2. The van der Waals surface area contributed by atoms with E-state index in [2.05, 4.69) is 20.5 Å². The minimum atomic E-state index is -0.175. The summed E-state index contributed by atoms with van der Waals surface area (Å²) in [4.78, 5) is 24.6. The zero-order valence-corrected chi connectivity index (χ0v) is 20.3. The Bertz CT molecular complexity index is 1470. The summed E-state index contributed by atoms with van der Waals surface area (Å²) in [5.74, 6) is 0.705. The van der Waals surface area contributed by atoms with Crippen molar-refractivity contribution in [2.24, 2.45) is 12.0 Å². The highest BCUT2D eigenvalue weighted by Crippen LogP contribution is 2.28. The first-order chi connectivity index (χ1) is 16.9. The van der Waals surface area contributed by atoms with Gasteiger partial charge in [0.1, 0.15) is 23.0 Å². The second kappa shape index (κ2) is 8.86. The number of hydrogen-bond acceptors (Lipinski definition) is 7. The predicted molar refractivity (Wildman–Crippen MR) is 133 cm³/mol. The Hall–Kier alpha value is -4.21. The zero-order chi connectivity index (χ0) is 24.7. The van der Waals surface area contributed by atoms with E-state index >= 15 is 0 Å². The number of pyridine rings is 1. The average Bonchev–Trinajstić information content (AvgIpc) is 3.59. The molecule has 4 heterocycles. The number of aromatic hydroxyl groups is 1. The molecule has 5 rings (SSSR count). The molecule has 1 aliphatic heterocycles. The van der Waals surface area contributed by atoms with Crippen molar-refractivity contribution in [3.8, 4) is 17.1 Å². The summed E-state index contributed by atoms with van der Waals surface area (Å²) in [6.45, 7) is 6.76. The first-order valence-corrected chi connectivity index (χ1v) is 11.6. The van der Waals surface area contributed by atoms with E-state index in [9.17, 15) is 9.90 Å². The fourth-order valence-electron chi connectivity index (χ4n) is 4.40. The van der Waals surface area contributed by atoms with Crippen molar-refractivity contribution >= 4 is 22.6 Å². The molecule has 1 amide bonds. The highest BCUT2D eigenvalue weighted by molar-refractivity contribution is 6.07. The molecular formula is C25H28N8O2. The van der Waals surface area contributed by atoms with Crippen molar-refractivity contribution in [2.75, 3.05) is 20.1 Å². The lowest BCUT2D eigenvalue weighted by atomic mass is 10.0. The number of carbonyl (C=O) groups excluding carboxylic acids is 1. The molecule has 1 aromatic carbocycles. The van der Waals surface area contributed by atoms with Crippen molar-refractivity contribution in [1.29, 1.82) is 0 Å². The fraction of sp³-hybridized carbons (Fsp3) is 0.320. The van der Waals surface area contributed by atoms with Gasteiger partial charge in [-0.15, -0.1) is 0 Å². The van der Waals surface area contributed by atoms with Crippen LogP contribution in [0.4, 0.5) is 0 Å². The Labute approximate surface area is 202 Å². The molecule has 1 aliphatic rings. The molecule has 0 radical (unpaired) electrons. The summed E-state index contributed by atoms with van der Waals surface area (Å²) >= 11 is 0. The topological polar surface area (TPSA) is 113 Å². The minimum absolute atomic E-state index is 0.0780. The summed E-state index contributed by atoms with van der Waals surface area (Å²) in [6.07, 6.45) is 1.81. The van der Waals surface area contributed by atoms with Crippen LogP contribution in [-0.4, -0.2) is 66.4 Å². The number of aryl methyl sites for hydroxylation is 2. The highest BCUT2D eigenvalue weighted by atomic mass is 16.3. The maximum absolute atomic E-state index is 13.7. The number of phenols is 1. The fourth-order valence-corrected chi connectivity index (χ4v) is 4.40. The van der Waals surface area contributed by atoms with Crippen LogP contribution in [0, 0.1) is 6.92 Å². The first-order valence-electron chi connectivity index (χ1n) is 11.6. The molecule has 0 unspecified atom stereocenters. The Morgan fingerprint density at radius 3 is 2.77 bits per heavy atom. The van der Waals surface area contributed by atoms with E-state index in [-0.39, 0.29) is 11.7 Å². The summed E-state index contributed by atoms with van der Waals surface area (Å²) in [6, 6.07) is 8.53. The summed E-state index contributed by atoms with van der Waals surface area (Å²) < 4.78 is 3.67. The molecule has 3 aromatic heterocycles. The molecule has 4 aromatic rings. The van der Waals surface area contributed by atoms with Gasteiger partial charge in [0.25, 0.3) is 5.91 Å². The van der Waals surface area contributed by atoms with Crippen LogP contribution < -0.4 is 5.32 Å². The average molecular weight is 473 g/mol. The standard InChI is InChI=1S/C25H28N8O2/c1-5-33-15(2)16(13-28-33)14-31(3)25(35)19-11-21(29-20-7-6-17(34)10-18(19)20)22-12-23(32(4)30-22)24-26-8-9-27-24/h6-7,10-13,34H,5,8-9,14H2,1-4H3,(H,26,27). The van der Waals surface area contributed by atoms with Crippen LogP contribution in [0.2, 0.25) is 0 Å². The van der Waals surface area contributed by atoms with Gasteiger partial charge in [-0.3, -0.25) is 19.2 Å². The monoisotopic (exact) mass is 472 g/mol. The van der Waals surface area contributed by atoms with Gasteiger partial charge in [-0.2, -0.15) is 10.2 Å². The SMILES string of the molecule is CCn1ncc(CN(C)C(=O)c2cc(-c3cc(C4=NCCN4)n(C)n3)nc3ccc(O)cc23)c1C. The second-order valence-corrected chi connectivity index (χ2v) is 8.68. The molecule has 10 heteroatoms. The molecule has 0 aliphatic carbocycles. The van der Waals surface area contributed by atoms with Gasteiger partial charge in [-0.1, -0.05) is 0 Å².